The molecular weight excluding hydrogens is 660 g/mol. The predicted molar refractivity (Wildman–Crippen MR) is 198 cm³/mol. The van der Waals surface area contributed by atoms with Crippen LogP contribution in [0.5, 0.6) is 0 Å². The lowest BCUT2D eigenvalue weighted by Crippen LogP contribution is -2.61. The van der Waals surface area contributed by atoms with E-state index in [9.17, 15) is 24.0 Å². The summed E-state index contributed by atoms with van der Waals surface area (Å²) in [6, 6.07) is 21.1. The zero-order chi connectivity index (χ0) is 37.0. The summed E-state index contributed by atoms with van der Waals surface area (Å²) in [4.78, 5) is 75.1. The van der Waals surface area contributed by atoms with E-state index >= 15 is 0 Å². The van der Waals surface area contributed by atoms with Crippen molar-refractivity contribution >= 4 is 40.6 Å². The van der Waals surface area contributed by atoms with Gasteiger partial charge in [-0.25, -0.2) is 4.79 Å². The molecule has 4 aromatic rings. The lowest BCUT2D eigenvalue weighted by Gasteiger charge is -2.34. The van der Waals surface area contributed by atoms with Gasteiger partial charge < -0.3 is 31.4 Å². The van der Waals surface area contributed by atoms with Crippen molar-refractivity contribution in [1.82, 2.24) is 25.8 Å². The summed E-state index contributed by atoms with van der Waals surface area (Å²) in [5.74, 6) is -2.73. The van der Waals surface area contributed by atoms with Crippen LogP contribution in [0.1, 0.15) is 56.2 Å². The van der Waals surface area contributed by atoms with Gasteiger partial charge in [0.05, 0.1) is 0 Å². The molecule has 0 unspecified atom stereocenters. The maximum atomic E-state index is 14.8. The minimum absolute atomic E-state index is 0.0193. The van der Waals surface area contributed by atoms with Crippen molar-refractivity contribution in [3.63, 3.8) is 0 Å². The van der Waals surface area contributed by atoms with Crippen molar-refractivity contribution in [2.45, 2.75) is 83.1 Å². The fourth-order valence-corrected chi connectivity index (χ4v) is 6.53. The van der Waals surface area contributed by atoms with Crippen LogP contribution in [0.2, 0.25) is 0 Å². The van der Waals surface area contributed by atoms with Gasteiger partial charge in [-0.2, -0.15) is 0 Å². The molecule has 3 aromatic carbocycles. The number of nitrogens with one attached hydrogen (secondary N) is 4. The Hall–Kier alpha value is -5.49. The summed E-state index contributed by atoms with van der Waals surface area (Å²) in [7, 11) is 0. The fourth-order valence-electron chi connectivity index (χ4n) is 6.53. The number of aromatic nitrogens is 1. The number of aromatic amines is 1. The highest BCUT2D eigenvalue weighted by atomic mass is 16.5. The number of para-hydroxylation sites is 1. The quantitative estimate of drug-likeness (QED) is 0.122. The number of rotatable bonds is 14. The number of hydrogen-bond acceptors (Lipinski definition) is 7. The van der Waals surface area contributed by atoms with Gasteiger partial charge in [-0.05, 0) is 60.9 Å². The molecule has 5 amide bonds. The van der Waals surface area contributed by atoms with Crippen molar-refractivity contribution in [3.05, 3.63) is 108 Å². The van der Waals surface area contributed by atoms with E-state index in [1.807, 2.05) is 62.4 Å². The van der Waals surface area contributed by atoms with Gasteiger partial charge in [0, 0.05) is 29.9 Å². The zero-order valence-electron chi connectivity index (χ0n) is 29.7. The number of fused-ring (bicyclic) bond motifs is 1. The van der Waals surface area contributed by atoms with E-state index in [-0.39, 0.29) is 38.2 Å². The third-order valence-corrected chi connectivity index (χ3v) is 9.16. The summed E-state index contributed by atoms with van der Waals surface area (Å²) < 4.78 is 5.48. The lowest BCUT2D eigenvalue weighted by atomic mass is 9.98. The molecule has 0 saturated carbocycles. The molecule has 0 bridgehead atoms. The molecule has 52 heavy (non-hydrogen) atoms. The Bertz CT molecular complexity index is 1830. The Morgan fingerprint density at radius 3 is 2.19 bits per heavy atom. The molecule has 1 saturated heterocycles. The molecule has 1 fully saturated rings. The van der Waals surface area contributed by atoms with Gasteiger partial charge in [-0.15, -0.1) is 0 Å². The highest BCUT2D eigenvalue weighted by Gasteiger charge is 2.44. The number of alkyl carbamates (subject to hydrolysis) is 1. The van der Waals surface area contributed by atoms with Gasteiger partial charge in [-0.3, -0.25) is 24.1 Å². The largest absolute Gasteiger partial charge is 0.445 e. The highest BCUT2D eigenvalue weighted by Crippen LogP contribution is 2.23. The van der Waals surface area contributed by atoms with E-state index in [0.29, 0.717) is 19.4 Å². The molecule has 1 aromatic heterocycles. The second-order valence-corrected chi connectivity index (χ2v) is 13.6. The molecule has 1 aliphatic heterocycles. The van der Waals surface area contributed by atoms with E-state index in [0.717, 1.165) is 32.5 Å². The van der Waals surface area contributed by atoms with Gasteiger partial charge in [0.1, 0.15) is 30.8 Å². The normalized spacial score (nSPS) is 18.6. The second kappa shape index (κ2) is 18.1. The predicted octanol–water partition coefficient (Wildman–Crippen LogP) is 4.13. The first-order chi connectivity index (χ1) is 25.1. The first kappa shape index (κ1) is 37.8. The lowest BCUT2D eigenvalue weighted by molar-refractivity contribution is -0.155. The molecule has 12 nitrogen and oxygen atoms in total. The molecule has 0 radical (unpaired) electrons. The molecule has 12 heteroatoms. The van der Waals surface area contributed by atoms with E-state index in [2.05, 4.69) is 20.9 Å². The van der Waals surface area contributed by atoms with Crippen LogP contribution in [-0.4, -0.2) is 70.3 Å². The average molecular weight is 709 g/mol. The van der Waals surface area contributed by atoms with E-state index in [4.69, 9.17) is 10.5 Å². The van der Waals surface area contributed by atoms with Crippen molar-refractivity contribution in [1.29, 1.82) is 0 Å². The molecular formula is C40H48N6O6. The third-order valence-electron chi connectivity index (χ3n) is 9.16. The first-order valence-electron chi connectivity index (χ1n) is 17.9. The monoisotopic (exact) mass is 708 g/mol. The summed E-state index contributed by atoms with van der Waals surface area (Å²) in [6.45, 7) is 4.13. The number of amides is 5. The Kier molecular flexibility index (Phi) is 13.2. The van der Waals surface area contributed by atoms with E-state index in [1.165, 1.54) is 0 Å². The maximum Gasteiger partial charge on any atom is 0.408 e. The van der Waals surface area contributed by atoms with Crippen LogP contribution in [-0.2, 0) is 43.4 Å². The number of unbranched alkanes of at least 4 members (excludes halogenated alkanes) is 1. The van der Waals surface area contributed by atoms with Gasteiger partial charge in [0.2, 0.25) is 11.8 Å². The number of carbonyl (C=O) groups excluding carboxylic acids is 5. The van der Waals surface area contributed by atoms with Crippen LogP contribution in [0.25, 0.3) is 10.9 Å². The zero-order valence-corrected chi connectivity index (χ0v) is 29.7. The second-order valence-electron chi connectivity index (χ2n) is 13.6. The number of nitrogens with two attached hydrogens (primary N) is 1. The minimum Gasteiger partial charge on any atom is -0.445 e. The molecule has 0 spiro atoms. The van der Waals surface area contributed by atoms with Crippen LogP contribution in [0.3, 0.4) is 0 Å². The Morgan fingerprint density at radius 2 is 1.50 bits per heavy atom. The molecule has 4 atom stereocenters. The van der Waals surface area contributed by atoms with Crippen LogP contribution >= 0.6 is 0 Å². The van der Waals surface area contributed by atoms with Crippen LogP contribution in [0.4, 0.5) is 4.79 Å². The van der Waals surface area contributed by atoms with Gasteiger partial charge in [0.15, 0.2) is 0 Å². The van der Waals surface area contributed by atoms with E-state index < -0.39 is 53.9 Å². The third kappa shape index (κ3) is 9.85. The molecule has 0 aliphatic carbocycles. The van der Waals surface area contributed by atoms with Gasteiger partial charge in [-0.1, -0.05) is 92.7 Å². The topological polar surface area (TPSA) is 176 Å². The number of H-pyrrole nitrogens is 1. The molecule has 1 aliphatic rings. The van der Waals surface area contributed by atoms with Crippen molar-refractivity contribution < 1.29 is 28.7 Å². The van der Waals surface area contributed by atoms with Crippen molar-refractivity contribution in [2.75, 3.05) is 6.54 Å². The number of nitrogens with zero attached hydrogens (tertiary/aromatic N) is 1. The molecule has 274 valence electrons. The number of hydrogen-bond donors (Lipinski definition) is 5. The molecule has 6 N–H and O–H groups in total. The summed E-state index contributed by atoms with van der Waals surface area (Å²) in [6.07, 6.45) is 2.43. The first-order valence-corrected chi connectivity index (χ1v) is 17.9. The number of benzene rings is 3. The summed E-state index contributed by atoms with van der Waals surface area (Å²) in [5.41, 5.74) is 8.99. The maximum absolute atomic E-state index is 14.8. The van der Waals surface area contributed by atoms with Gasteiger partial charge in [0.25, 0.3) is 11.8 Å². The van der Waals surface area contributed by atoms with Crippen molar-refractivity contribution in [3.8, 4) is 0 Å². The standard InChI is InChI=1S/C40H48N6O6/c1-26(2)21-33-38(49)46(39(50)34(22-27-13-5-3-6-14-27)45-40(51)52-25-28-15-7-4-8-16-28)35(19-11-12-20-41)37(48)43-32(36(47)44-33)23-29-24-42-31-18-10-9-17-30(29)31/h3-10,13-18,24,26,32-35,42H,11-12,19-23,25,41H2,1-2H3,(H,43,48)(H,44,47)(H,45,51)/t32-,33+,34-,35+/m0/s1. The fraction of sp³-hybridized carbons (Fsp3) is 0.375. The van der Waals surface area contributed by atoms with Crippen molar-refractivity contribution in [2.24, 2.45) is 11.7 Å². The SMILES string of the molecule is CC(C)C[C@H]1NC(=O)[C@H](Cc2c[nH]c3ccccc23)NC(=O)[C@@H](CCCCN)N(C(=O)[C@H](Cc2ccccc2)NC(=O)OCc2ccccc2)C1=O. The summed E-state index contributed by atoms with van der Waals surface area (Å²) in [5, 5.41) is 9.34. The van der Waals surface area contributed by atoms with Crippen LogP contribution in [0.15, 0.2) is 91.1 Å². The van der Waals surface area contributed by atoms with Crippen LogP contribution < -0.4 is 21.7 Å². The van der Waals surface area contributed by atoms with E-state index in [1.54, 1.807) is 42.6 Å². The van der Waals surface area contributed by atoms with Crippen LogP contribution in [0, 0.1) is 5.92 Å². The number of carbonyl (C=O) groups is 5. The Labute approximate surface area is 303 Å². The highest BCUT2D eigenvalue weighted by molar-refractivity contribution is 6.07. The van der Waals surface area contributed by atoms with Gasteiger partial charge >= 0.3 is 6.09 Å². The minimum atomic E-state index is -1.28. The Morgan fingerprint density at radius 1 is 0.846 bits per heavy atom. The number of imide groups is 1. The molecule has 2 heterocycles. The summed E-state index contributed by atoms with van der Waals surface area (Å²) >= 11 is 0. The number of ether oxygens (including phenoxy) is 1. The molecule has 5 rings (SSSR count). The average Bonchev–Trinajstić information content (AvgIpc) is 3.56. The Balaban J connectivity index is 1.50. The smallest absolute Gasteiger partial charge is 0.408 e.